The monoisotopic (exact) mass is 310 g/mol. The number of halogens is 1. The molecule has 0 aromatic carbocycles. The quantitative estimate of drug-likeness (QED) is 0.767. The van der Waals surface area contributed by atoms with Crippen LogP contribution in [0.4, 0.5) is 3.89 Å². The molecule has 1 unspecified atom stereocenters. The first-order valence-electron chi connectivity index (χ1n) is 4.96. The van der Waals surface area contributed by atoms with E-state index in [1.807, 2.05) is 0 Å². The number of carbonyl (C=O) groups excluding carboxylic acids is 1. The Hall–Kier alpha value is -1.55. The van der Waals surface area contributed by atoms with Crippen molar-refractivity contribution in [3.63, 3.8) is 0 Å². The molecule has 1 aromatic heterocycles. The summed E-state index contributed by atoms with van der Waals surface area (Å²) in [4.78, 5) is 15.2. The third kappa shape index (κ3) is 5.30. The average molecular weight is 310 g/mol. The number of amides is 1. The molecule has 0 saturated heterocycles. The van der Waals surface area contributed by atoms with Crippen molar-refractivity contribution in [3.05, 3.63) is 24.0 Å². The molecule has 19 heavy (non-hydrogen) atoms. The molecule has 0 saturated carbocycles. The summed E-state index contributed by atoms with van der Waals surface area (Å²) < 4.78 is 51.9. The van der Waals surface area contributed by atoms with Crippen molar-refractivity contribution in [1.29, 1.82) is 0 Å². The van der Waals surface area contributed by atoms with Crippen LogP contribution in [0.2, 0.25) is 0 Å². The van der Waals surface area contributed by atoms with Crippen LogP contribution in [0.3, 0.4) is 0 Å². The normalized spacial score (nSPS) is 14.5. The summed E-state index contributed by atoms with van der Waals surface area (Å²) in [7, 11) is -7.85. The predicted molar refractivity (Wildman–Crippen MR) is 66.3 cm³/mol. The molecule has 0 N–H and O–H groups in total. The van der Waals surface area contributed by atoms with Crippen LogP contribution in [0, 0.1) is 0 Å². The molecule has 1 heterocycles. The summed E-state index contributed by atoms with van der Waals surface area (Å²) in [5.74, 6) is -1.13. The molecule has 1 atom stereocenters. The van der Waals surface area contributed by atoms with E-state index in [9.17, 15) is 21.3 Å². The van der Waals surface area contributed by atoms with Crippen LogP contribution >= 0.6 is 0 Å². The summed E-state index contributed by atoms with van der Waals surface area (Å²) in [6, 6.07) is 0.946. The van der Waals surface area contributed by atoms with Crippen LogP contribution in [-0.4, -0.2) is 35.5 Å². The molecule has 0 spiro atoms. The minimum atomic E-state index is -5.20. The SMILES string of the molecule is CCS(C)(=O)=NC(=O)c1cncc(OS(=O)(=O)F)c1. The second-order valence-corrected chi connectivity index (χ2v) is 7.16. The third-order valence-corrected chi connectivity index (χ3v) is 3.98. The van der Waals surface area contributed by atoms with E-state index in [0.717, 1.165) is 18.5 Å². The Morgan fingerprint density at radius 1 is 1.42 bits per heavy atom. The highest BCUT2D eigenvalue weighted by Crippen LogP contribution is 2.15. The van der Waals surface area contributed by atoms with Crippen molar-refractivity contribution < 1.29 is 25.5 Å². The lowest BCUT2D eigenvalue weighted by molar-refractivity contribution is 0.100. The number of carbonyl (C=O) groups is 1. The maximum atomic E-state index is 12.3. The maximum Gasteiger partial charge on any atom is 0.488 e. The van der Waals surface area contributed by atoms with Gasteiger partial charge in [-0.15, -0.1) is 0 Å². The molecule has 0 aliphatic heterocycles. The first kappa shape index (κ1) is 15.5. The summed E-state index contributed by atoms with van der Waals surface area (Å²) in [6.07, 6.45) is 3.30. The van der Waals surface area contributed by atoms with Gasteiger partial charge in [-0.25, -0.2) is 4.21 Å². The largest absolute Gasteiger partial charge is 0.488 e. The highest BCUT2D eigenvalue weighted by molar-refractivity contribution is 7.93. The lowest BCUT2D eigenvalue weighted by Gasteiger charge is -2.02. The van der Waals surface area contributed by atoms with E-state index in [2.05, 4.69) is 13.5 Å². The minimum absolute atomic E-state index is 0.149. The summed E-state index contributed by atoms with van der Waals surface area (Å²) in [5, 5.41) is 0. The van der Waals surface area contributed by atoms with E-state index in [0.29, 0.717) is 0 Å². The number of nitrogens with zero attached hydrogens (tertiary/aromatic N) is 2. The Balaban J connectivity index is 3.11. The highest BCUT2D eigenvalue weighted by Gasteiger charge is 2.13. The first-order chi connectivity index (χ1) is 8.63. The molecule has 7 nitrogen and oxygen atoms in total. The molecule has 10 heteroatoms. The van der Waals surface area contributed by atoms with E-state index >= 15 is 0 Å². The number of hydrogen-bond donors (Lipinski definition) is 0. The molecule has 1 rings (SSSR count). The number of rotatable bonds is 4. The van der Waals surface area contributed by atoms with Crippen molar-refractivity contribution in [2.45, 2.75) is 6.92 Å². The Labute approximate surface area is 110 Å². The Morgan fingerprint density at radius 2 is 2.05 bits per heavy atom. The van der Waals surface area contributed by atoms with Gasteiger partial charge < -0.3 is 4.18 Å². The fourth-order valence-corrected chi connectivity index (χ4v) is 1.90. The van der Waals surface area contributed by atoms with E-state index in [1.54, 1.807) is 6.92 Å². The van der Waals surface area contributed by atoms with Crippen molar-refractivity contribution in [2.75, 3.05) is 12.0 Å². The molecule has 0 aliphatic rings. The lowest BCUT2D eigenvalue weighted by Crippen LogP contribution is -2.06. The zero-order chi connectivity index (χ0) is 14.7. The first-order valence-corrected chi connectivity index (χ1v) is 8.36. The number of hydrogen-bond acceptors (Lipinski definition) is 6. The molecule has 0 bridgehead atoms. The number of aromatic nitrogens is 1. The Bertz CT molecular complexity index is 707. The summed E-state index contributed by atoms with van der Waals surface area (Å²) in [6.45, 7) is 1.60. The third-order valence-electron chi connectivity index (χ3n) is 1.97. The Kier molecular flexibility index (Phi) is 4.58. The van der Waals surface area contributed by atoms with Crippen molar-refractivity contribution in [3.8, 4) is 5.75 Å². The lowest BCUT2D eigenvalue weighted by atomic mass is 10.3. The van der Waals surface area contributed by atoms with Crippen LogP contribution in [0.1, 0.15) is 17.3 Å². The molecule has 0 radical (unpaired) electrons. The van der Waals surface area contributed by atoms with Crippen LogP contribution in [0.15, 0.2) is 22.8 Å². The van der Waals surface area contributed by atoms with Crippen molar-refractivity contribution in [2.24, 2.45) is 4.36 Å². The van der Waals surface area contributed by atoms with Crippen LogP contribution < -0.4 is 4.18 Å². The Morgan fingerprint density at radius 3 is 2.58 bits per heavy atom. The van der Waals surface area contributed by atoms with Crippen molar-refractivity contribution >= 4 is 26.1 Å². The van der Waals surface area contributed by atoms with E-state index in [-0.39, 0.29) is 11.3 Å². The zero-order valence-corrected chi connectivity index (χ0v) is 11.7. The smallest absolute Gasteiger partial charge is 0.357 e. The van der Waals surface area contributed by atoms with Gasteiger partial charge in [-0.1, -0.05) is 10.8 Å². The summed E-state index contributed by atoms with van der Waals surface area (Å²) >= 11 is 0. The average Bonchev–Trinajstić information content (AvgIpc) is 2.26. The van der Waals surface area contributed by atoms with Gasteiger partial charge in [0.15, 0.2) is 5.75 Å². The van der Waals surface area contributed by atoms with E-state index < -0.39 is 31.9 Å². The second-order valence-electron chi connectivity index (χ2n) is 3.53. The van der Waals surface area contributed by atoms with Gasteiger partial charge in [0.1, 0.15) is 0 Å². The van der Waals surface area contributed by atoms with Gasteiger partial charge in [0, 0.05) is 18.2 Å². The predicted octanol–water partition coefficient (Wildman–Crippen LogP) is 0.933. The molecule has 1 amide bonds. The van der Waals surface area contributed by atoms with Gasteiger partial charge >= 0.3 is 10.5 Å². The van der Waals surface area contributed by atoms with Gasteiger partial charge in [0.2, 0.25) is 0 Å². The van der Waals surface area contributed by atoms with E-state index in [1.165, 1.54) is 6.26 Å². The molecule has 0 fully saturated rings. The molecule has 0 aliphatic carbocycles. The van der Waals surface area contributed by atoms with Crippen LogP contribution in [-0.2, 0) is 20.2 Å². The molecule has 1 aromatic rings. The molecule has 106 valence electrons. The minimum Gasteiger partial charge on any atom is -0.357 e. The fourth-order valence-electron chi connectivity index (χ4n) is 0.989. The molecular formula is C9H11FN2O5S2. The topological polar surface area (TPSA) is 103 Å². The summed E-state index contributed by atoms with van der Waals surface area (Å²) in [5.41, 5.74) is -0.149. The van der Waals surface area contributed by atoms with Gasteiger partial charge in [-0.2, -0.15) is 12.8 Å². The maximum absolute atomic E-state index is 12.3. The highest BCUT2D eigenvalue weighted by atomic mass is 32.3. The van der Waals surface area contributed by atoms with Gasteiger partial charge in [-0.3, -0.25) is 9.78 Å². The standard InChI is InChI=1S/C9H11FN2O5S2/c1-3-18(2,14)12-9(13)7-4-8(6-11-5-7)17-19(10,15)16/h4-6H,3H2,1-2H3. The molecular weight excluding hydrogens is 299 g/mol. The van der Waals surface area contributed by atoms with Crippen LogP contribution in [0.25, 0.3) is 0 Å². The number of pyridine rings is 1. The van der Waals surface area contributed by atoms with E-state index in [4.69, 9.17) is 0 Å². The van der Waals surface area contributed by atoms with Crippen molar-refractivity contribution in [1.82, 2.24) is 4.98 Å². The van der Waals surface area contributed by atoms with Crippen LogP contribution in [0.5, 0.6) is 5.75 Å². The van der Waals surface area contributed by atoms with Gasteiger partial charge in [0.25, 0.3) is 5.91 Å². The fraction of sp³-hybridized carbons (Fsp3) is 0.333. The van der Waals surface area contributed by atoms with Gasteiger partial charge in [-0.05, 0) is 6.07 Å². The van der Waals surface area contributed by atoms with Gasteiger partial charge in [0.05, 0.1) is 21.5 Å². The zero-order valence-electron chi connectivity index (χ0n) is 10.1. The second kappa shape index (κ2) is 5.61.